The smallest absolute Gasteiger partial charge is 0.324 e. The minimum atomic E-state index is -4.45. The largest absolute Gasteiger partial charge is 0.410 e. The van der Waals surface area contributed by atoms with E-state index in [1.807, 2.05) is 0 Å². The Morgan fingerprint density at radius 1 is 1.07 bits per heavy atom. The maximum absolute atomic E-state index is 14.0. The second-order valence-electron chi connectivity index (χ2n) is 5.87. The Morgan fingerprint density at radius 2 is 1.81 bits per heavy atom. The summed E-state index contributed by atoms with van der Waals surface area (Å²) in [5.74, 6) is 0.316. The molecule has 0 aliphatic heterocycles. The van der Waals surface area contributed by atoms with Crippen LogP contribution < -0.4 is 0 Å². The van der Waals surface area contributed by atoms with Crippen LogP contribution in [0.1, 0.15) is 22.4 Å². The van der Waals surface area contributed by atoms with Crippen LogP contribution in [-0.4, -0.2) is 15.7 Å². The van der Waals surface area contributed by atoms with Crippen LogP contribution in [0.5, 0.6) is 0 Å². The third-order valence-corrected chi connectivity index (χ3v) is 5.98. The number of thioether (sulfide) groups is 1. The highest BCUT2D eigenvalue weighted by Crippen LogP contribution is 2.48. The molecule has 2 nitrogen and oxygen atoms in total. The van der Waals surface area contributed by atoms with Crippen LogP contribution in [0.25, 0.3) is 0 Å². The van der Waals surface area contributed by atoms with Crippen LogP contribution in [0.15, 0.2) is 67.3 Å². The molecule has 1 aromatic heterocycles. The van der Waals surface area contributed by atoms with Crippen molar-refractivity contribution >= 4 is 35.0 Å². The molecule has 1 heterocycles. The predicted molar refractivity (Wildman–Crippen MR) is 104 cm³/mol. The van der Waals surface area contributed by atoms with Gasteiger partial charge in [-0.25, -0.2) is 4.98 Å². The quantitative estimate of drug-likeness (QED) is 0.420. The molecular formula is C19H15Cl2F3N2S. The van der Waals surface area contributed by atoms with Gasteiger partial charge in [-0.1, -0.05) is 59.6 Å². The normalized spacial score (nSPS) is 14.1. The van der Waals surface area contributed by atoms with Crippen molar-refractivity contribution in [3.63, 3.8) is 0 Å². The van der Waals surface area contributed by atoms with E-state index in [9.17, 15) is 13.2 Å². The Balaban J connectivity index is 1.95. The van der Waals surface area contributed by atoms with E-state index < -0.39 is 17.5 Å². The van der Waals surface area contributed by atoms with Crippen LogP contribution in [0, 0.1) is 0 Å². The van der Waals surface area contributed by atoms with Gasteiger partial charge < -0.3 is 4.57 Å². The summed E-state index contributed by atoms with van der Waals surface area (Å²) in [6.07, 6.45) is -0.562. The van der Waals surface area contributed by atoms with Crippen LogP contribution in [0.2, 0.25) is 10.0 Å². The van der Waals surface area contributed by atoms with Crippen molar-refractivity contribution < 1.29 is 13.2 Å². The average molecular weight is 431 g/mol. The minimum Gasteiger partial charge on any atom is -0.324 e. The SMILES string of the molecule is FC(F)(F)C(C(SCc1ccc(Cl)cc1Cl)c1ccccc1)n1ccnc1. The van der Waals surface area contributed by atoms with Gasteiger partial charge in [-0.05, 0) is 23.3 Å². The van der Waals surface area contributed by atoms with Crippen LogP contribution in [0.3, 0.4) is 0 Å². The molecule has 27 heavy (non-hydrogen) atoms. The lowest BCUT2D eigenvalue weighted by Gasteiger charge is -2.30. The highest BCUT2D eigenvalue weighted by Gasteiger charge is 2.46. The Morgan fingerprint density at radius 3 is 2.41 bits per heavy atom. The molecule has 3 aromatic rings. The van der Waals surface area contributed by atoms with Gasteiger partial charge in [-0.2, -0.15) is 13.2 Å². The monoisotopic (exact) mass is 430 g/mol. The Hall–Kier alpha value is -1.63. The maximum atomic E-state index is 14.0. The first kappa shape index (κ1) is 20.1. The van der Waals surface area contributed by atoms with Gasteiger partial charge in [0.05, 0.1) is 11.6 Å². The van der Waals surface area contributed by atoms with E-state index in [0.29, 0.717) is 21.4 Å². The minimum absolute atomic E-state index is 0.316. The van der Waals surface area contributed by atoms with Gasteiger partial charge >= 0.3 is 6.18 Å². The van der Waals surface area contributed by atoms with Gasteiger partial charge in [-0.3, -0.25) is 0 Å². The first-order valence-electron chi connectivity index (χ1n) is 8.01. The van der Waals surface area contributed by atoms with Crippen molar-refractivity contribution in [2.45, 2.75) is 23.2 Å². The Kier molecular flexibility index (Phi) is 6.40. The van der Waals surface area contributed by atoms with Crippen LogP contribution >= 0.6 is 35.0 Å². The maximum Gasteiger partial charge on any atom is 0.410 e. The van der Waals surface area contributed by atoms with Gasteiger partial charge in [0.25, 0.3) is 0 Å². The van der Waals surface area contributed by atoms with E-state index in [1.165, 1.54) is 30.5 Å². The van der Waals surface area contributed by atoms with E-state index in [-0.39, 0.29) is 0 Å². The average Bonchev–Trinajstić information content (AvgIpc) is 3.13. The van der Waals surface area contributed by atoms with Gasteiger partial charge in [0.1, 0.15) is 6.04 Å². The molecule has 8 heteroatoms. The van der Waals surface area contributed by atoms with E-state index in [0.717, 1.165) is 10.1 Å². The molecule has 0 saturated heterocycles. The first-order chi connectivity index (χ1) is 12.9. The van der Waals surface area contributed by atoms with Gasteiger partial charge in [0.2, 0.25) is 0 Å². The van der Waals surface area contributed by atoms with E-state index >= 15 is 0 Å². The van der Waals surface area contributed by atoms with Crippen LogP contribution in [-0.2, 0) is 5.75 Å². The zero-order valence-corrected chi connectivity index (χ0v) is 16.2. The summed E-state index contributed by atoms with van der Waals surface area (Å²) >= 11 is 13.3. The third-order valence-electron chi connectivity index (χ3n) is 4.03. The van der Waals surface area contributed by atoms with E-state index in [4.69, 9.17) is 23.2 Å². The topological polar surface area (TPSA) is 17.8 Å². The zero-order chi connectivity index (χ0) is 19.4. The molecule has 2 aromatic carbocycles. The number of nitrogens with zero attached hydrogens (tertiary/aromatic N) is 2. The molecule has 0 aliphatic rings. The molecule has 142 valence electrons. The van der Waals surface area contributed by atoms with E-state index in [1.54, 1.807) is 48.5 Å². The molecule has 0 N–H and O–H groups in total. The zero-order valence-electron chi connectivity index (χ0n) is 13.9. The van der Waals surface area contributed by atoms with Crippen LogP contribution in [0.4, 0.5) is 13.2 Å². The van der Waals surface area contributed by atoms with Gasteiger partial charge in [-0.15, -0.1) is 11.8 Å². The molecular weight excluding hydrogens is 416 g/mol. The highest BCUT2D eigenvalue weighted by molar-refractivity contribution is 7.98. The molecule has 2 atom stereocenters. The van der Waals surface area contributed by atoms with E-state index in [2.05, 4.69) is 4.98 Å². The summed E-state index contributed by atoms with van der Waals surface area (Å²) in [5, 5.41) is 0.0556. The van der Waals surface area contributed by atoms with Gasteiger partial charge in [0, 0.05) is 28.2 Å². The molecule has 0 aliphatic carbocycles. The fourth-order valence-corrected chi connectivity index (χ4v) is 4.75. The standard InChI is InChI=1S/C19H15Cl2F3N2S/c20-15-7-6-14(16(21)10-15)11-27-17(13-4-2-1-3-5-13)18(19(22,23)24)26-9-8-25-12-26/h1-10,12,17-18H,11H2. The third kappa shape index (κ3) is 5.00. The molecule has 3 rings (SSSR count). The van der Waals surface area contributed by atoms with Gasteiger partial charge in [0.15, 0.2) is 0 Å². The molecule has 2 unspecified atom stereocenters. The second kappa shape index (κ2) is 8.59. The number of hydrogen-bond donors (Lipinski definition) is 0. The van der Waals surface area contributed by atoms with Crippen molar-refractivity contribution in [2.24, 2.45) is 0 Å². The Labute approximate surface area is 169 Å². The molecule has 0 spiro atoms. The Bertz CT molecular complexity index is 870. The summed E-state index contributed by atoms with van der Waals surface area (Å²) in [7, 11) is 0. The fraction of sp³-hybridized carbons (Fsp3) is 0.211. The summed E-state index contributed by atoms with van der Waals surface area (Å²) < 4.78 is 43.0. The van der Waals surface area contributed by atoms with Crippen molar-refractivity contribution in [3.8, 4) is 0 Å². The lowest BCUT2D eigenvalue weighted by atomic mass is 10.0. The number of halogens is 5. The number of benzene rings is 2. The summed E-state index contributed by atoms with van der Waals surface area (Å²) in [5.41, 5.74) is 1.32. The van der Waals surface area contributed by atoms with Crippen molar-refractivity contribution in [1.82, 2.24) is 9.55 Å². The summed E-state index contributed by atoms with van der Waals surface area (Å²) in [6, 6.07) is 11.9. The molecule has 0 saturated carbocycles. The number of imidazole rings is 1. The summed E-state index contributed by atoms with van der Waals surface area (Å²) in [4.78, 5) is 3.79. The number of hydrogen-bond acceptors (Lipinski definition) is 2. The van der Waals surface area contributed by atoms with Crippen molar-refractivity contribution in [1.29, 1.82) is 0 Å². The van der Waals surface area contributed by atoms with Crippen molar-refractivity contribution in [2.75, 3.05) is 0 Å². The fourth-order valence-electron chi connectivity index (χ4n) is 2.76. The first-order valence-corrected chi connectivity index (χ1v) is 9.81. The summed E-state index contributed by atoms with van der Waals surface area (Å²) in [6.45, 7) is 0. The molecule has 0 bridgehead atoms. The molecule has 0 amide bonds. The predicted octanol–water partition coefficient (Wildman–Crippen LogP) is 6.97. The number of aromatic nitrogens is 2. The molecule has 0 radical (unpaired) electrons. The van der Waals surface area contributed by atoms with Crippen molar-refractivity contribution in [3.05, 3.63) is 88.4 Å². The highest BCUT2D eigenvalue weighted by atomic mass is 35.5. The second-order valence-corrected chi connectivity index (χ2v) is 7.85. The lowest BCUT2D eigenvalue weighted by Crippen LogP contribution is -2.30. The molecule has 0 fully saturated rings. The number of alkyl halides is 3. The lowest BCUT2D eigenvalue weighted by molar-refractivity contribution is -0.168. The number of rotatable bonds is 6.